The van der Waals surface area contributed by atoms with Crippen LogP contribution < -0.4 is 10.2 Å². The van der Waals surface area contributed by atoms with Gasteiger partial charge >= 0.3 is 0 Å². The summed E-state index contributed by atoms with van der Waals surface area (Å²) >= 11 is 0. The number of aryl methyl sites for hydroxylation is 1. The minimum absolute atomic E-state index is 0.170. The molecule has 7 heteroatoms. The number of anilines is 1. The third-order valence-electron chi connectivity index (χ3n) is 5.78. The van der Waals surface area contributed by atoms with Gasteiger partial charge in [-0.15, -0.1) is 0 Å². The van der Waals surface area contributed by atoms with E-state index in [0.717, 1.165) is 35.9 Å². The fourth-order valence-electron chi connectivity index (χ4n) is 4.12. The number of halogens is 1. The van der Waals surface area contributed by atoms with Crippen LogP contribution in [-0.2, 0) is 6.54 Å². The molecule has 0 aliphatic carbocycles. The summed E-state index contributed by atoms with van der Waals surface area (Å²) in [5, 5.41) is 7.50. The third kappa shape index (κ3) is 4.76. The van der Waals surface area contributed by atoms with Gasteiger partial charge in [0.2, 0.25) is 0 Å². The van der Waals surface area contributed by atoms with Crippen LogP contribution in [0.4, 0.5) is 10.2 Å². The first-order valence-corrected chi connectivity index (χ1v) is 10.8. The van der Waals surface area contributed by atoms with E-state index in [1.807, 2.05) is 26.1 Å². The number of carbonyl (C=O) groups is 1. The van der Waals surface area contributed by atoms with Crippen molar-refractivity contribution in [3.63, 3.8) is 0 Å². The number of benzene rings is 1. The summed E-state index contributed by atoms with van der Waals surface area (Å²) in [7, 11) is 0. The number of rotatable bonds is 5. The Labute approximate surface area is 182 Å². The fourth-order valence-corrected chi connectivity index (χ4v) is 4.12. The van der Waals surface area contributed by atoms with Gasteiger partial charge in [0, 0.05) is 25.8 Å². The molecule has 0 saturated carbocycles. The van der Waals surface area contributed by atoms with Crippen LogP contribution >= 0.6 is 0 Å². The Morgan fingerprint density at radius 1 is 1.06 bits per heavy atom. The smallest absolute Gasteiger partial charge is 0.255 e. The molecule has 162 valence electrons. The van der Waals surface area contributed by atoms with E-state index < -0.39 is 0 Å². The Balaban J connectivity index is 1.47. The van der Waals surface area contributed by atoms with Crippen molar-refractivity contribution in [1.82, 2.24) is 20.1 Å². The Hall–Kier alpha value is -3.22. The van der Waals surface area contributed by atoms with Crippen LogP contribution in [0.1, 0.15) is 53.0 Å². The first kappa shape index (κ1) is 21.0. The molecule has 2 aromatic heterocycles. The predicted molar refractivity (Wildman–Crippen MR) is 119 cm³/mol. The maximum Gasteiger partial charge on any atom is 0.255 e. The zero-order chi connectivity index (χ0) is 21.8. The molecule has 1 aliphatic rings. The summed E-state index contributed by atoms with van der Waals surface area (Å²) in [5.41, 5.74) is 3.65. The molecule has 0 unspecified atom stereocenters. The standard InChI is InChI=1S/C24H28FN5O/c1-17-23(18(2)30(28-17)21-9-7-20(25)8-10-21)24(31)27-16-19-11-12-26-22(15-19)29-13-5-3-4-6-14-29/h7-12,15H,3-6,13-14,16H2,1-2H3,(H,27,31). The van der Waals surface area contributed by atoms with Gasteiger partial charge in [0.15, 0.2) is 0 Å². The van der Waals surface area contributed by atoms with E-state index >= 15 is 0 Å². The molecule has 0 spiro atoms. The van der Waals surface area contributed by atoms with Gasteiger partial charge in [-0.3, -0.25) is 4.79 Å². The quantitative estimate of drug-likeness (QED) is 0.666. The predicted octanol–water partition coefficient (Wildman–Crippen LogP) is 4.33. The summed E-state index contributed by atoms with van der Waals surface area (Å²) in [4.78, 5) is 19.8. The van der Waals surface area contributed by atoms with E-state index in [1.165, 1.54) is 37.8 Å². The zero-order valence-electron chi connectivity index (χ0n) is 18.1. The van der Waals surface area contributed by atoms with Crippen LogP contribution in [0.15, 0.2) is 42.6 Å². The summed E-state index contributed by atoms with van der Waals surface area (Å²) in [5.74, 6) is 0.502. The topological polar surface area (TPSA) is 63.1 Å². The van der Waals surface area contributed by atoms with Gasteiger partial charge in [-0.1, -0.05) is 12.8 Å². The molecule has 0 bridgehead atoms. The van der Waals surface area contributed by atoms with Gasteiger partial charge in [-0.2, -0.15) is 5.10 Å². The molecule has 1 aliphatic heterocycles. The van der Waals surface area contributed by atoms with Crippen LogP contribution in [0.2, 0.25) is 0 Å². The molecule has 3 heterocycles. The van der Waals surface area contributed by atoms with Crippen LogP contribution in [0, 0.1) is 19.7 Å². The largest absolute Gasteiger partial charge is 0.357 e. The molecule has 1 aromatic carbocycles. The fraction of sp³-hybridized carbons (Fsp3) is 0.375. The second kappa shape index (κ2) is 9.29. The monoisotopic (exact) mass is 421 g/mol. The van der Waals surface area contributed by atoms with Crippen LogP contribution in [0.5, 0.6) is 0 Å². The number of pyridine rings is 1. The summed E-state index contributed by atoms with van der Waals surface area (Å²) in [6.07, 6.45) is 6.75. The number of carbonyl (C=O) groups excluding carboxylic acids is 1. The minimum atomic E-state index is -0.305. The highest BCUT2D eigenvalue weighted by Gasteiger charge is 2.19. The number of aromatic nitrogens is 3. The van der Waals surface area contributed by atoms with E-state index in [4.69, 9.17) is 0 Å². The minimum Gasteiger partial charge on any atom is -0.357 e. The second-order valence-electron chi connectivity index (χ2n) is 8.04. The number of hydrogen-bond donors (Lipinski definition) is 1. The molecule has 1 fully saturated rings. The second-order valence-corrected chi connectivity index (χ2v) is 8.04. The highest BCUT2D eigenvalue weighted by atomic mass is 19.1. The lowest BCUT2D eigenvalue weighted by molar-refractivity contribution is 0.0949. The molecular weight excluding hydrogens is 393 g/mol. The Bertz CT molecular complexity index is 1050. The van der Waals surface area contributed by atoms with Crippen molar-refractivity contribution in [2.24, 2.45) is 0 Å². The van der Waals surface area contributed by atoms with Gasteiger partial charge in [-0.05, 0) is 68.7 Å². The number of hydrogen-bond acceptors (Lipinski definition) is 4. The highest BCUT2D eigenvalue weighted by Crippen LogP contribution is 2.20. The van der Waals surface area contributed by atoms with Crippen molar-refractivity contribution in [3.05, 3.63) is 70.9 Å². The molecule has 1 N–H and O–H groups in total. The van der Waals surface area contributed by atoms with Gasteiger partial charge < -0.3 is 10.2 Å². The molecule has 0 atom stereocenters. The first-order valence-electron chi connectivity index (χ1n) is 10.8. The Morgan fingerprint density at radius 3 is 2.48 bits per heavy atom. The van der Waals surface area contributed by atoms with Gasteiger partial charge in [0.05, 0.1) is 22.6 Å². The van der Waals surface area contributed by atoms with E-state index in [9.17, 15) is 9.18 Å². The van der Waals surface area contributed by atoms with Crippen molar-refractivity contribution in [3.8, 4) is 5.69 Å². The maximum atomic E-state index is 13.2. The maximum absolute atomic E-state index is 13.2. The molecule has 4 rings (SSSR count). The first-order chi connectivity index (χ1) is 15.0. The van der Waals surface area contributed by atoms with Crippen molar-refractivity contribution >= 4 is 11.7 Å². The number of nitrogens with zero attached hydrogens (tertiary/aromatic N) is 4. The molecular formula is C24H28FN5O. The van der Waals surface area contributed by atoms with Crippen molar-refractivity contribution in [1.29, 1.82) is 0 Å². The lowest BCUT2D eigenvalue weighted by Crippen LogP contribution is -2.26. The van der Waals surface area contributed by atoms with Crippen molar-refractivity contribution < 1.29 is 9.18 Å². The van der Waals surface area contributed by atoms with Crippen molar-refractivity contribution in [2.75, 3.05) is 18.0 Å². The molecule has 1 saturated heterocycles. The zero-order valence-corrected chi connectivity index (χ0v) is 18.1. The van der Waals surface area contributed by atoms with E-state index in [2.05, 4.69) is 26.4 Å². The molecule has 3 aromatic rings. The van der Waals surface area contributed by atoms with Gasteiger partial charge in [-0.25, -0.2) is 14.1 Å². The lowest BCUT2D eigenvalue weighted by Gasteiger charge is -2.21. The number of nitrogens with one attached hydrogen (secondary N) is 1. The molecule has 0 radical (unpaired) electrons. The third-order valence-corrected chi connectivity index (χ3v) is 5.78. The molecule has 6 nitrogen and oxygen atoms in total. The van der Waals surface area contributed by atoms with Gasteiger partial charge in [0.1, 0.15) is 11.6 Å². The van der Waals surface area contributed by atoms with Crippen LogP contribution in [0.3, 0.4) is 0 Å². The van der Waals surface area contributed by atoms with E-state index in [1.54, 1.807) is 16.8 Å². The summed E-state index contributed by atoms with van der Waals surface area (Å²) in [6.45, 7) is 6.14. The van der Waals surface area contributed by atoms with Gasteiger partial charge in [0.25, 0.3) is 5.91 Å². The van der Waals surface area contributed by atoms with Crippen molar-refractivity contribution in [2.45, 2.75) is 46.1 Å². The normalized spacial score (nSPS) is 14.4. The average molecular weight is 422 g/mol. The summed E-state index contributed by atoms with van der Waals surface area (Å²) < 4.78 is 14.9. The van der Waals surface area contributed by atoms with E-state index in [-0.39, 0.29) is 11.7 Å². The lowest BCUT2D eigenvalue weighted by atomic mass is 10.1. The summed E-state index contributed by atoms with van der Waals surface area (Å²) in [6, 6.07) is 10.1. The van der Waals surface area contributed by atoms with Crippen LogP contribution in [0.25, 0.3) is 5.69 Å². The van der Waals surface area contributed by atoms with E-state index in [0.29, 0.717) is 17.8 Å². The average Bonchev–Trinajstić information content (AvgIpc) is 2.95. The Morgan fingerprint density at radius 2 is 1.77 bits per heavy atom. The van der Waals surface area contributed by atoms with Crippen LogP contribution in [-0.4, -0.2) is 33.8 Å². The highest BCUT2D eigenvalue weighted by molar-refractivity contribution is 5.96. The molecule has 1 amide bonds. The SMILES string of the molecule is Cc1nn(-c2ccc(F)cc2)c(C)c1C(=O)NCc1ccnc(N2CCCCCC2)c1. The number of amides is 1. The Kier molecular flexibility index (Phi) is 6.30. The molecule has 31 heavy (non-hydrogen) atoms.